The summed E-state index contributed by atoms with van der Waals surface area (Å²) in [7, 11) is 0. The number of rotatable bonds is 10. The Morgan fingerprint density at radius 2 is 1.30 bits per heavy atom. The predicted molar refractivity (Wildman–Crippen MR) is 257 cm³/mol. The van der Waals surface area contributed by atoms with Crippen molar-refractivity contribution < 1.29 is 25.8 Å². The van der Waals surface area contributed by atoms with Gasteiger partial charge in [0.25, 0.3) is 6.33 Å². The lowest BCUT2D eigenvalue weighted by molar-refractivity contribution is -0.571. The molecule has 3 aromatic heterocycles. The summed E-state index contributed by atoms with van der Waals surface area (Å²) in [5, 5.41) is 1.94. The number of hydrogen-bond donors (Lipinski definition) is 0. The van der Waals surface area contributed by atoms with Crippen molar-refractivity contribution >= 4 is 32.8 Å². The van der Waals surface area contributed by atoms with E-state index >= 15 is 0 Å². The molecule has 0 atom stereocenters. The summed E-state index contributed by atoms with van der Waals surface area (Å²) in [6.07, 6.45) is 3.53. The van der Waals surface area contributed by atoms with Crippen LogP contribution in [0.15, 0.2) is 212 Å². The standard InChI is InChI=1S/C58H44N4O/c1-40(2)34-41-32-33-59-57(35-41)62-53-27-13-12-24-51(53)52-30-29-48(38-55(52)62)63-47-23-14-22-46(37-47)60-39-61(54-31-28-45(36-56(54)60)42-16-6-3-7-17-42)58-49(43-18-8-4-9-19-43)25-15-26-50(58)44-20-10-5-11-21-44/h3-33,35-38,40H,34H2,1-2H3/i4D,5D,8D,9D,10D,11D,18D,19D,20D,21D,34D2. The predicted octanol–water partition coefficient (Wildman–Crippen LogP) is 14.2. The molecule has 63 heavy (non-hydrogen) atoms. The number of para-hydroxylation sites is 2. The molecule has 0 spiro atoms. The summed E-state index contributed by atoms with van der Waals surface area (Å²) in [4.78, 5) is 4.73. The average Bonchev–Trinajstić information content (AvgIpc) is 3.97. The molecule has 0 bridgehead atoms. The smallest absolute Gasteiger partial charge is 0.269 e. The second-order valence-corrected chi connectivity index (χ2v) is 15.4. The van der Waals surface area contributed by atoms with Crippen molar-refractivity contribution in [2.45, 2.75) is 20.2 Å². The number of benzene rings is 8. The summed E-state index contributed by atoms with van der Waals surface area (Å²) in [5.74, 6) is 1.25. The molecule has 0 fully saturated rings. The van der Waals surface area contributed by atoms with Crippen LogP contribution >= 0.6 is 0 Å². The minimum atomic E-state index is -1.60. The van der Waals surface area contributed by atoms with Gasteiger partial charge in [0.05, 0.1) is 47.1 Å². The van der Waals surface area contributed by atoms with E-state index in [9.17, 15) is 0 Å². The second-order valence-electron chi connectivity index (χ2n) is 15.4. The van der Waals surface area contributed by atoms with Gasteiger partial charge < -0.3 is 4.74 Å². The van der Waals surface area contributed by atoms with Crippen molar-refractivity contribution in [3.8, 4) is 62.1 Å². The highest BCUT2D eigenvalue weighted by atomic mass is 16.5. The fraction of sp³-hybridized carbons (Fsp3) is 0.0690. The fourth-order valence-corrected chi connectivity index (χ4v) is 8.28. The molecule has 0 saturated carbocycles. The van der Waals surface area contributed by atoms with E-state index in [0.717, 1.165) is 32.9 Å². The molecule has 8 aromatic carbocycles. The lowest BCUT2D eigenvalue weighted by atomic mass is 9.95. The van der Waals surface area contributed by atoms with Crippen molar-refractivity contribution in [2.24, 2.45) is 5.92 Å². The van der Waals surface area contributed by atoms with Crippen LogP contribution in [0.1, 0.15) is 35.9 Å². The highest BCUT2D eigenvalue weighted by Crippen LogP contribution is 2.38. The number of aromatic nitrogens is 4. The van der Waals surface area contributed by atoms with Gasteiger partial charge >= 0.3 is 0 Å². The highest BCUT2D eigenvalue weighted by molar-refractivity contribution is 6.09. The molecular formula is C58H44N4O. The normalized spacial score (nSPS) is 14.5. The molecule has 0 aliphatic heterocycles. The van der Waals surface area contributed by atoms with Crippen LogP contribution in [-0.2, 0) is 6.37 Å². The summed E-state index contributed by atoms with van der Waals surface area (Å²) >= 11 is 0. The number of pyridine rings is 1. The van der Waals surface area contributed by atoms with Gasteiger partial charge in [-0.15, -0.1) is 0 Å². The third-order valence-electron chi connectivity index (χ3n) is 10.9. The van der Waals surface area contributed by atoms with Crippen LogP contribution in [0.2, 0.25) is 0 Å². The molecule has 0 unspecified atom stereocenters. The van der Waals surface area contributed by atoms with Crippen molar-refractivity contribution in [1.29, 1.82) is 0 Å². The van der Waals surface area contributed by atoms with E-state index in [0.29, 0.717) is 39.6 Å². The molecule has 0 amide bonds. The Morgan fingerprint density at radius 1 is 0.603 bits per heavy atom. The Bertz CT molecular complexity index is 3990. The van der Waals surface area contributed by atoms with Crippen molar-refractivity contribution in [3.05, 3.63) is 224 Å². The number of nitrogens with zero attached hydrogens (tertiary/aromatic N) is 4. The van der Waals surface area contributed by atoms with E-state index in [1.165, 1.54) is 0 Å². The summed E-state index contributed by atoms with van der Waals surface area (Å²) in [6, 6.07) is 39.6. The minimum Gasteiger partial charge on any atom is -0.458 e. The van der Waals surface area contributed by atoms with Crippen LogP contribution in [-0.4, -0.2) is 14.1 Å². The Morgan fingerprint density at radius 3 is 2.06 bits per heavy atom. The summed E-state index contributed by atoms with van der Waals surface area (Å²) < 4.78 is 118. The summed E-state index contributed by atoms with van der Waals surface area (Å²) in [5.41, 5.74) is 5.81. The average molecular weight is 825 g/mol. The van der Waals surface area contributed by atoms with Crippen LogP contribution in [0.4, 0.5) is 0 Å². The maximum atomic E-state index is 9.11. The van der Waals surface area contributed by atoms with Crippen molar-refractivity contribution in [3.63, 3.8) is 0 Å². The van der Waals surface area contributed by atoms with Gasteiger partial charge in [-0.2, -0.15) is 0 Å². The third kappa shape index (κ3) is 7.13. The molecule has 11 rings (SSSR count). The molecule has 5 nitrogen and oxygen atoms in total. The molecule has 302 valence electrons. The lowest BCUT2D eigenvalue weighted by Crippen LogP contribution is -2.31. The van der Waals surface area contributed by atoms with Crippen LogP contribution in [0.25, 0.3) is 83.4 Å². The third-order valence-corrected chi connectivity index (χ3v) is 10.9. The zero-order valence-corrected chi connectivity index (χ0v) is 34.2. The summed E-state index contributed by atoms with van der Waals surface area (Å²) in [6.45, 7) is 3.71. The fourth-order valence-electron chi connectivity index (χ4n) is 8.28. The Hall–Kier alpha value is -8.02. The van der Waals surface area contributed by atoms with E-state index in [1.54, 1.807) is 45.7 Å². The van der Waals surface area contributed by atoms with Gasteiger partial charge in [-0.1, -0.05) is 159 Å². The number of hydrogen-bond acceptors (Lipinski definition) is 2. The zero-order chi connectivity index (χ0) is 52.8. The molecule has 0 aliphatic carbocycles. The maximum absolute atomic E-state index is 9.11. The van der Waals surface area contributed by atoms with Crippen molar-refractivity contribution in [2.75, 3.05) is 0 Å². The van der Waals surface area contributed by atoms with E-state index in [-0.39, 0.29) is 33.9 Å². The first-order valence-electron chi connectivity index (χ1n) is 26.6. The maximum Gasteiger partial charge on any atom is 0.269 e. The van der Waals surface area contributed by atoms with E-state index < -0.39 is 66.8 Å². The van der Waals surface area contributed by atoms with Gasteiger partial charge in [0.15, 0.2) is 0 Å². The lowest BCUT2D eigenvalue weighted by Gasteiger charge is -2.17. The first kappa shape index (κ1) is 27.0. The monoisotopic (exact) mass is 824 g/mol. The number of imidazole rings is 1. The molecule has 0 N–H and O–H groups in total. The molecule has 5 heteroatoms. The topological polar surface area (TPSA) is 35.9 Å². The van der Waals surface area contributed by atoms with Gasteiger partial charge in [0.1, 0.15) is 17.3 Å². The highest BCUT2D eigenvalue weighted by Gasteiger charge is 2.21. The van der Waals surface area contributed by atoms with Crippen LogP contribution in [0, 0.1) is 12.2 Å². The van der Waals surface area contributed by atoms with Gasteiger partial charge in [-0.25, -0.2) is 4.98 Å². The van der Waals surface area contributed by atoms with Gasteiger partial charge in [-0.05, 0) is 106 Å². The van der Waals surface area contributed by atoms with Crippen LogP contribution in [0.5, 0.6) is 11.5 Å². The largest absolute Gasteiger partial charge is 0.458 e. The number of fused-ring (bicyclic) bond motifs is 4. The molecule has 0 saturated heterocycles. The first-order chi connectivity index (χ1) is 36.0. The molecule has 3 heterocycles. The van der Waals surface area contributed by atoms with Crippen LogP contribution in [0.3, 0.4) is 0 Å². The number of ether oxygens (including phenoxy) is 1. The minimum absolute atomic E-state index is 0.134. The SMILES string of the molecule is [2H]c1c([2H])c([2H])c(-c2cccc(-c3c([2H])c([2H])c([2H])c([2H])c3[2H])c2-[n+]2[c-]n(-c3cccc(Oc4ccc5c6ccccc6n(-c6cc(C([2H])([2H])C(C)C)ccn6)c5c4)c3)c3cc(-c4ccccc4)ccc32)c([2H])c1[2H]. The molecular weight excluding hydrogens is 769 g/mol. The Labute approximate surface area is 384 Å². The molecule has 0 radical (unpaired) electrons. The first-order valence-corrected chi connectivity index (χ1v) is 20.6. The van der Waals surface area contributed by atoms with E-state index in [2.05, 4.69) is 6.33 Å². The van der Waals surface area contributed by atoms with Gasteiger partial charge in [-0.3, -0.25) is 13.7 Å². The van der Waals surface area contributed by atoms with Gasteiger partial charge in [0.2, 0.25) is 0 Å². The zero-order valence-electron chi connectivity index (χ0n) is 46.2. The molecule has 11 aromatic rings. The second kappa shape index (κ2) is 16.1. The molecule has 0 aliphatic rings. The van der Waals surface area contributed by atoms with E-state index in [4.69, 9.17) is 26.2 Å². The van der Waals surface area contributed by atoms with Gasteiger partial charge in [0, 0.05) is 25.8 Å². The quantitative estimate of drug-likeness (QED) is 0.102. The van der Waals surface area contributed by atoms with Crippen LogP contribution < -0.4 is 9.30 Å². The Balaban J connectivity index is 1.12. The Kier molecular flexibility index (Phi) is 6.91. The van der Waals surface area contributed by atoms with E-state index in [1.807, 2.05) is 134 Å². The van der Waals surface area contributed by atoms with Crippen molar-refractivity contribution in [1.82, 2.24) is 14.1 Å².